The number of nitrogens with one attached hydrogen (secondary N) is 1. The van der Waals surface area contributed by atoms with Crippen LogP contribution in [0.15, 0.2) is 35.7 Å². The van der Waals surface area contributed by atoms with Crippen LogP contribution in [-0.4, -0.2) is 29.8 Å². The highest BCUT2D eigenvalue weighted by Crippen LogP contribution is 2.23. The monoisotopic (exact) mass is 351 g/mol. The minimum absolute atomic E-state index is 0.154. The number of ether oxygens (including phenoxy) is 1. The highest BCUT2D eigenvalue weighted by Gasteiger charge is 2.10. The van der Waals surface area contributed by atoms with Crippen molar-refractivity contribution in [2.45, 2.75) is 12.2 Å². The average Bonchev–Trinajstić information content (AvgIpc) is 3.01. The Morgan fingerprint density at radius 2 is 2.17 bits per heavy atom. The predicted molar refractivity (Wildman–Crippen MR) is 93.7 cm³/mol. The van der Waals surface area contributed by atoms with Gasteiger partial charge in [-0.3, -0.25) is 9.59 Å². The lowest BCUT2D eigenvalue weighted by Crippen LogP contribution is -2.10. The van der Waals surface area contributed by atoms with Crippen molar-refractivity contribution in [3.63, 3.8) is 0 Å². The van der Waals surface area contributed by atoms with Gasteiger partial charge in [-0.15, -0.1) is 11.3 Å². The summed E-state index contributed by atoms with van der Waals surface area (Å²) in [5.74, 6) is 0.993. The Labute approximate surface area is 142 Å². The molecule has 2 rings (SSSR count). The molecule has 2 N–H and O–H groups in total. The molecule has 0 fully saturated rings. The van der Waals surface area contributed by atoms with Crippen molar-refractivity contribution in [2.75, 3.05) is 18.2 Å². The van der Waals surface area contributed by atoms with Crippen LogP contribution >= 0.6 is 23.1 Å². The van der Waals surface area contributed by atoms with E-state index >= 15 is 0 Å². The van der Waals surface area contributed by atoms with E-state index in [2.05, 4.69) is 5.32 Å². The third kappa shape index (κ3) is 5.61. The fourth-order valence-electron chi connectivity index (χ4n) is 1.83. The van der Waals surface area contributed by atoms with Crippen molar-refractivity contribution in [2.24, 2.45) is 0 Å². The number of hydrogen-bond donors (Lipinski definition) is 2. The highest BCUT2D eigenvalue weighted by atomic mass is 32.2. The van der Waals surface area contributed by atoms with Crippen LogP contribution in [0.1, 0.15) is 21.7 Å². The second-order valence-corrected chi connectivity index (χ2v) is 6.72. The summed E-state index contributed by atoms with van der Waals surface area (Å²) in [6.07, 6.45) is 0.154. The number of hydrogen-bond acceptors (Lipinski definition) is 5. The Morgan fingerprint density at radius 1 is 1.35 bits per heavy atom. The van der Waals surface area contributed by atoms with Crippen molar-refractivity contribution < 1.29 is 19.4 Å². The zero-order valence-electron chi connectivity index (χ0n) is 12.6. The van der Waals surface area contributed by atoms with E-state index < -0.39 is 5.97 Å². The van der Waals surface area contributed by atoms with E-state index in [-0.39, 0.29) is 12.3 Å². The van der Waals surface area contributed by atoms with Gasteiger partial charge in [0, 0.05) is 28.6 Å². The standard InChI is InChI=1S/C16H17NO4S2/c1-21-13-8-14(23-10-13)16(20)17-12-4-2-3-11(7-12)9-22-6-5-15(18)19/h2-4,7-8,10H,5-6,9H2,1H3,(H,17,20)(H,18,19). The van der Waals surface area contributed by atoms with Crippen molar-refractivity contribution in [3.8, 4) is 5.75 Å². The van der Waals surface area contributed by atoms with Gasteiger partial charge in [-0.2, -0.15) is 11.8 Å². The second kappa shape index (κ2) is 8.59. The zero-order chi connectivity index (χ0) is 16.7. The fraction of sp³-hybridized carbons (Fsp3) is 0.250. The minimum Gasteiger partial charge on any atom is -0.496 e. The van der Waals surface area contributed by atoms with Crippen molar-refractivity contribution in [3.05, 3.63) is 46.2 Å². The number of thiophene rings is 1. The second-order valence-electron chi connectivity index (χ2n) is 4.70. The summed E-state index contributed by atoms with van der Waals surface area (Å²) in [5, 5.41) is 13.3. The molecule has 0 aliphatic rings. The molecule has 1 aromatic heterocycles. The largest absolute Gasteiger partial charge is 0.496 e. The summed E-state index contributed by atoms with van der Waals surface area (Å²) in [6, 6.07) is 9.26. The molecule has 23 heavy (non-hydrogen) atoms. The molecule has 0 saturated heterocycles. The van der Waals surface area contributed by atoms with E-state index in [0.717, 1.165) is 11.3 Å². The smallest absolute Gasteiger partial charge is 0.304 e. The molecule has 1 amide bonds. The molecule has 1 heterocycles. The Hall–Kier alpha value is -1.99. The molecule has 2 aromatic rings. The van der Waals surface area contributed by atoms with Gasteiger partial charge in [-0.1, -0.05) is 12.1 Å². The molecule has 0 saturated carbocycles. The number of thioether (sulfide) groups is 1. The molecule has 7 heteroatoms. The lowest BCUT2D eigenvalue weighted by atomic mass is 10.2. The summed E-state index contributed by atoms with van der Waals surface area (Å²) in [6.45, 7) is 0. The van der Waals surface area contributed by atoms with Crippen molar-refractivity contribution in [1.82, 2.24) is 0 Å². The van der Waals surface area contributed by atoms with Gasteiger partial charge in [-0.25, -0.2) is 0 Å². The number of aliphatic carboxylic acids is 1. The summed E-state index contributed by atoms with van der Waals surface area (Å²) < 4.78 is 5.07. The number of methoxy groups -OCH3 is 1. The molecule has 0 unspecified atom stereocenters. The van der Waals surface area contributed by atoms with Crippen LogP contribution in [0.3, 0.4) is 0 Å². The summed E-state index contributed by atoms with van der Waals surface area (Å²) in [5.41, 5.74) is 1.76. The van der Waals surface area contributed by atoms with Gasteiger partial charge in [0.15, 0.2) is 0 Å². The molecule has 0 spiro atoms. The predicted octanol–water partition coefficient (Wildman–Crippen LogP) is 3.72. The lowest BCUT2D eigenvalue weighted by molar-refractivity contribution is -0.136. The van der Waals surface area contributed by atoms with Crippen LogP contribution < -0.4 is 10.1 Å². The number of amides is 1. The first-order valence-corrected chi connectivity index (χ1v) is 8.94. The third-order valence-electron chi connectivity index (χ3n) is 2.95. The molecule has 0 atom stereocenters. The van der Waals surface area contributed by atoms with Crippen molar-refractivity contribution >= 4 is 40.7 Å². The molecule has 5 nitrogen and oxygen atoms in total. The van der Waals surface area contributed by atoms with E-state index in [1.807, 2.05) is 24.3 Å². The number of benzene rings is 1. The number of carboxylic acid groups (broad SMARTS) is 1. The van der Waals surface area contributed by atoms with Crippen LogP contribution in [0.25, 0.3) is 0 Å². The summed E-state index contributed by atoms with van der Waals surface area (Å²) >= 11 is 2.89. The van der Waals surface area contributed by atoms with E-state index in [0.29, 0.717) is 22.1 Å². The Balaban J connectivity index is 1.91. The molecule has 0 aliphatic carbocycles. The van der Waals surface area contributed by atoms with Crippen molar-refractivity contribution in [1.29, 1.82) is 0 Å². The number of carbonyl (C=O) groups excluding carboxylic acids is 1. The SMILES string of the molecule is COc1csc(C(=O)Nc2cccc(CSCCC(=O)O)c2)c1. The van der Waals surface area contributed by atoms with Crippen LogP contribution in [-0.2, 0) is 10.5 Å². The van der Waals surface area contributed by atoms with Gasteiger partial charge in [0.05, 0.1) is 18.4 Å². The lowest BCUT2D eigenvalue weighted by Gasteiger charge is -2.06. The summed E-state index contributed by atoms with van der Waals surface area (Å²) in [7, 11) is 1.56. The molecular formula is C16H17NO4S2. The van der Waals surface area contributed by atoms with Gasteiger partial charge in [0.2, 0.25) is 0 Å². The number of rotatable bonds is 8. The van der Waals surface area contributed by atoms with Crippen LogP contribution in [0.4, 0.5) is 5.69 Å². The maximum absolute atomic E-state index is 12.2. The normalized spacial score (nSPS) is 10.3. The first-order valence-electron chi connectivity index (χ1n) is 6.91. The van der Waals surface area contributed by atoms with E-state index in [1.54, 1.807) is 30.3 Å². The van der Waals surface area contributed by atoms with Crippen LogP contribution in [0.2, 0.25) is 0 Å². The average molecular weight is 351 g/mol. The van der Waals surface area contributed by atoms with E-state index in [9.17, 15) is 9.59 Å². The molecular weight excluding hydrogens is 334 g/mol. The molecule has 0 aliphatic heterocycles. The van der Waals surface area contributed by atoms with E-state index in [4.69, 9.17) is 9.84 Å². The Morgan fingerprint density at radius 3 is 2.87 bits per heavy atom. The maximum Gasteiger partial charge on any atom is 0.304 e. The fourth-order valence-corrected chi connectivity index (χ4v) is 3.45. The third-order valence-corrected chi connectivity index (χ3v) is 4.89. The minimum atomic E-state index is -0.787. The molecule has 0 radical (unpaired) electrons. The molecule has 1 aromatic carbocycles. The number of anilines is 1. The quantitative estimate of drug-likeness (QED) is 0.709. The van der Waals surface area contributed by atoms with Gasteiger partial charge in [0.1, 0.15) is 5.75 Å². The van der Waals surface area contributed by atoms with Gasteiger partial charge in [0.25, 0.3) is 5.91 Å². The van der Waals surface area contributed by atoms with Gasteiger partial charge in [-0.05, 0) is 17.7 Å². The zero-order valence-corrected chi connectivity index (χ0v) is 14.2. The molecule has 122 valence electrons. The number of carbonyl (C=O) groups is 2. The Kier molecular flexibility index (Phi) is 6.49. The molecule has 0 bridgehead atoms. The van der Waals surface area contributed by atoms with Gasteiger partial charge >= 0.3 is 5.97 Å². The Bertz CT molecular complexity index is 684. The topological polar surface area (TPSA) is 75.6 Å². The first-order chi connectivity index (χ1) is 11.1. The maximum atomic E-state index is 12.2. The first kappa shape index (κ1) is 17.4. The highest BCUT2D eigenvalue weighted by molar-refractivity contribution is 7.98. The van der Waals surface area contributed by atoms with Crippen LogP contribution in [0.5, 0.6) is 5.75 Å². The summed E-state index contributed by atoms with van der Waals surface area (Å²) in [4.78, 5) is 23.2. The number of carboxylic acids is 1. The van der Waals surface area contributed by atoms with Gasteiger partial charge < -0.3 is 15.2 Å². The van der Waals surface area contributed by atoms with E-state index in [1.165, 1.54) is 11.3 Å². The van der Waals surface area contributed by atoms with Crippen LogP contribution in [0, 0.1) is 0 Å².